The molecule has 1 N–H and O–H groups in total. The molecule has 0 radical (unpaired) electrons. The van der Waals surface area contributed by atoms with Crippen LogP contribution < -0.4 is 0 Å². The number of nitrogens with zero attached hydrogens (tertiary/aromatic N) is 2. The SMILES string of the molecule is OC1CC=NN1C(Cl)(Cl)Cl. The van der Waals surface area contributed by atoms with Crippen LogP contribution in [0.15, 0.2) is 5.10 Å². The van der Waals surface area contributed by atoms with Crippen molar-refractivity contribution in [1.82, 2.24) is 5.01 Å². The van der Waals surface area contributed by atoms with Gasteiger partial charge in [-0.05, 0) is 0 Å². The fourth-order valence-electron chi connectivity index (χ4n) is 0.641. The molecule has 0 amide bonds. The first-order valence-corrected chi connectivity index (χ1v) is 3.72. The van der Waals surface area contributed by atoms with E-state index in [4.69, 9.17) is 39.9 Å². The maximum absolute atomic E-state index is 9.07. The molecule has 1 aliphatic heterocycles. The molecule has 0 fully saturated rings. The standard InChI is InChI=1S/C4H5Cl3N2O/c5-4(6,7)9-3(10)1-2-8-9/h2-3,10H,1H2. The van der Waals surface area contributed by atoms with Crippen LogP contribution in [-0.4, -0.2) is 26.5 Å². The van der Waals surface area contributed by atoms with Gasteiger partial charge >= 0.3 is 0 Å². The number of hydrogen-bond donors (Lipinski definition) is 1. The largest absolute Gasteiger partial charge is 0.372 e. The summed E-state index contributed by atoms with van der Waals surface area (Å²) in [6.07, 6.45) is 1.08. The quantitative estimate of drug-likeness (QED) is 0.476. The van der Waals surface area contributed by atoms with Crippen LogP contribution in [0.3, 0.4) is 0 Å². The summed E-state index contributed by atoms with van der Waals surface area (Å²) in [5.74, 6) is 0. The lowest BCUT2D eigenvalue weighted by molar-refractivity contribution is 0.0229. The molecule has 0 saturated heterocycles. The second kappa shape index (κ2) is 2.74. The molecule has 1 unspecified atom stereocenters. The van der Waals surface area contributed by atoms with E-state index in [-0.39, 0.29) is 0 Å². The minimum atomic E-state index is -1.65. The van der Waals surface area contributed by atoms with E-state index in [1.165, 1.54) is 6.21 Å². The normalized spacial score (nSPS) is 26.0. The molecule has 0 aliphatic carbocycles. The third-order valence-electron chi connectivity index (χ3n) is 1.06. The number of hydrogen-bond acceptors (Lipinski definition) is 3. The van der Waals surface area contributed by atoms with Crippen molar-refractivity contribution in [3.63, 3.8) is 0 Å². The van der Waals surface area contributed by atoms with Gasteiger partial charge in [-0.2, -0.15) is 5.10 Å². The van der Waals surface area contributed by atoms with Gasteiger partial charge in [0.2, 0.25) is 0 Å². The van der Waals surface area contributed by atoms with Gasteiger partial charge < -0.3 is 5.11 Å². The lowest BCUT2D eigenvalue weighted by Crippen LogP contribution is -2.36. The number of alkyl halides is 3. The Morgan fingerprint density at radius 3 is 2.40 bits per heavy atom. The lowest BCUT2D eigenvalue weighted by Gasteiger charge is -2.25. The summed E-state index contributed by atoms with van der Waals surface area (Å²) in [6.45, 7) is 0. The highest BCUT2D eigenvalue weighted by Crippen LogP contribution is 2.34. The van der Waals surface area contributed by atoms with Crippen molar-refractivity contribution < 1.29 is 5.11 Å². The smallest absolute Gasteiger partial charge is 0.285 e. The van der Waals surface area contributed by atoms with Gasteiger partial charge in [-0.1, -0.05) is 34.8 Å². The maximum Gasteiger partial charge on any atom is 0.285 e. The predicted octanol–water partition coefficient (Wildman–Crippen LogP) is 1.32. The fraction of sp³-hybridized carbons (Fsp3) is 0.750. The Morgan fingerprint density at radius 2 is 2.20 bits per heavy atom. The van der Waals surface area contributed by atoms with E-state index in [0.29, 0.717) is 6.42 Å². The van der Waals surface area contributed by atoms with E-state index in [1.54, 1.807) is 0 Å². The molecular weight excluding hydrogens is 198 g/mol. The van der Waals surface area contributed by atoms with Crippen molar-refractivity contribution in [2.45, 2.75) is 16.6 Å². The van der Waals surface area contributed by atoms with Crippen LogP contribution in [0.25, 0.3) is 0 Å². The molecule has 3 nitrogen and oxygen atoms in total. The topological polar surface area (TPSA) is 35.8 Å². The molecule has 1 rings (SSSR count). The van der Waals surface area contributed by atoms with Crippen LogP contribution in [0.1, 0.15) is 6.42 Å². The lowest BCUT2D eigenvalue weighted by atomic mass is 10.4. The monoisotopic (exact) mass is 202 g/mol. The van der Waals surface area contributed by atoms with Crippen LogP contribution in [0.2, 0.25) is 0 Å². The van der Waals surface area contributed by atoms with Crippen LogP contribution in [0.4, 0.5) is 0 Å². The number of hydrazone groups is 1. The summed E-state index contributed by atoms with van der Waals surface area (Å²) in [5, 5.41) is 13.7. The van der Waals surface area contributed by atoms with E-state index in [1.807, 2.05) is 0 Å². The Kier molecular flexibility index (Phi) is 2.30. The van der Waals surface area contributed by atoms with E-state index in [2.05, 4.69) is 5.10 Å². The first-order valence-electron chi connectivity index (χ1n) is 2.58. The van der Waals surface area contributed by atoms with Gasteiger partial charge in [-0.15, -0.1) is 0 Å². The summed E-state index contributed by atoms with van der Waals surface area (Å²) >= 11 is 16.3. The minimum Gasteiger partial charge on any atom is -0.372 e. The average molecular weight is 203 g/mol. The highest BCUT2D eigenvalue weighted by molar-refractivity contribution is 6.67. The van der Waals surface area contributed by atoms with Crippen molar-refractivity contribution in [1.29, 1.82) is 0 Å². The van der Waals surface area contributed by atoms with Crippen molar-refractivity contribution in [3.05, 3.63) is 0 Å². The van der Waals surface area contributed by atoms with E-state index >= 15 is 0 Å². The first-order chi connectivity index (χ1) is 4.52. The summed E-state index contributed by atoms with van der Waals surface area (Å²) in [6, 6.07) is 0. The molecule has 0 bridgehead atoms. The number of rotatable bonds is 0. The molecule has 58 valence electrons. The number of halogens is 3. The zero-order valence-corrected chi connectivity index (χ0v) is 7.11. The van der Waals surface area contributed by atoms with E-state index < -0.39 is 10.1 Å². The van der Waals surface area contributed by atoms with Crippen molar-refractivity contribution in [3.8, 4) is 0 Å². The molecule has 1 atom stereocenters. The van der Waals surface area contributed by atoms with Crippen LogP contribution in [0.5, 0.6) is 0 Å². The Bertz CT molecular complexity index is 155. The summed E-state index contributed by atoms with van der Waals surface area (Å²) in [5.41, 5.74) is 0. The summed E-state index contributed by atoms with van der Waals surface area (Å²) in [7, 11) is 0. The molecule has 6 heteroatoms. The molecule has 1 heterocycles. The third kappa shape index (κ3) is 1.66. The highest BCUT2D eigenvalue weighted by atomic mass is 35.6. The van der Waals surface area contributed by atoms with Crippen molar-refractivity contribution in [2.75, 3.05) is 0 Å². The molecule has 10 heavy (non-hydrogen) atoms. The Morgan fingerprint density at radius 1 is 1.60 bits per heavy atom. The zero-order chi connectivity index (χ0) is 7.78. The van der Waals surface area contributed by atoms with E-state index in [9.17, 15) is 0 Å². The molecule has 1 aliphatic rings. The molecule has 0 aromatic rings. The van der Waals surface area contributed by atoms with Gasteiger partial charge in [0.05, 0.1) is 0 Å². The third-order valence-corrected chi connectivity index (χ3v) is 1.58. The molecule has 0 aromatic heterocycles. The number of aliphatic hydroxyl groups is 1. The van der Waals surface area contributed by atoms with Crippen LogP contribution >= 0.6 is 34.8 Å². The highest BCUT2D eigenvalue weighted by Gasteiger charge is 2.35. The second-order valence-corrected chi connectivity index (χ2v) is 4.05. The van der Waals surface area contributed by atoms with Gasteiger partial charge in [0.25, 0.3) is 3.92 Å². The Balaban J connectivity index is 2.64. The van der Waals surface area contributed by atoms with Gasteiger partial charge in [-0.3, -0.25) is 0 Å². The van der Waals surface area contributed by atoms with Gasteiger partial charge in [0.15, 0.2) is 6.23 Å². The number of aliphatic hydroxyl groups excluding tert-OH is 1. The zero-order valence-electron chi connectivity index (χ0n) is 4.84. The van der Waals surface area contributed by atoms with Gasteiger partial charge in [0, 0.05) is 12.6 Å². The predicted molar refractivity (Wildman–Crippen MR) is 41.2 cm³/mol. The van der Waals surface area contributed by atoms with Crippen LogP contribution in [0, 0.1) is 0 Å². The first kappa shape index (κ1) is 8.40. The maximum atomic E-state index is 9.07. The van der Waals surface area contributed by atoms with Gasteiger partial charge in [-0.25, -0.2) is 5.01 Å². The molecule has 0 saturated carbocycles. The Labute approximate surface area is 73.2 Å². The second-order valence-electron chi connectivity index (χ2n) is 1.83. The summed E-state index contributed by atoms with van der Waals surface area (Å²) < 4.78 is -1.65. The minimum absolute atomic E-state index is 0.397. The fourth-order valence-corrected chi connectivity index (χ4v) is 1.11. The van der Waals surface area contributed by atoms with Crippen molar-refractivity contribution >= 4 is 41.0 Å². The molecule has 0 aromatic carbocycles. The molecular formula is C4H5Cl3N2O. The van der Waals surface area contributed by atoms with Gasteiger partial charge in [0.1, 0.15) is 0 Å². The van der Waals surface area contributed by atoms with E-state index in [0.717, 1.165) is 5.01 Å². The van der Waals surface area contributed by atoms with Crippen LogP contribution in [-0.2, 0) is 0 Å². The van der Waals surface area contributed by atoms with Crippen molar-refractivity contribution in [2.24, 2.45) is 5.10 Å². The molecule has 0 spiro atoms. The summed E-state index contributed by atoms with van der Waals surface area (Å²) in [4.78, 5) is 0. The Hall–Kier alpha value is 0.300. The average Bonchev–Trinajstić information content (AvgIpc) is 2.11.